The number of nitrogens with zero attached hydrogens (tertiary/aromatic N) is 2. The summed E-state index contributed by atoms with van der Waals surface area (Å²) in [5.74, 6) is 1.93. The third-order valence-electron chi connectivity index (χ3n) is 4.53. The quantitative estimate of drug-likeness (QED) is 0.851. The second-order valence-corrected chi connectivity index (χ2v) is 7.46. The van der Waals surface area contributed by atoms with Crippen molar-refractivity contribution in [3.8, 4) is 0 Å². The summed E-state index contributed by atoms with van der Waals surface area (Å²) in [5.41, 5.74) is 3.79. The first-order chi connectivity index (χ1) is 11.1. The fourth-order valence-electron chi connectivity index (χ4n) is 3.44. The average Bonchev–Trinajstić information content (AvgIpc) is 2.54. The van der Waals surface area contributed by atoms with Crippen molar-refractivity contribution in [1.29, 1.82) is 0 Å². The summed E-state index contributed by atoms with van der Waals surface area (Å²) in [5, 5.41) is 0.979. The number of piperidine rings is 1. The van der Waals surface area contributed by atoms with E-state index in [1.54, 1.807) is 0 Å². The number of pyridine rings is 1. The second kappa shape index (κ2) is 6.91. The van der Waals surface area contributed by atoms with Crippen LogP contribution in [0.15, 0.2) is 24.3 Å². The van der Waals surface area contributed by atoms with Gasteiger partial charge in [-0.2, -0.15) is 11.8 Å². The topological polar surface area (TPSA) is 33.2 Å². The van der Waals surface area contributed by atoms with Gasteiger partial charge in [-0.15, -0.1) is 0 Å². The first kappa shape index (κ1) is 16.3. The van der Waals surface area contributed by atoms with E-state index in [0.717, 1.165) is 53.0 Å². The Bertz CT molecular complexity index is 727. The molecule has 2 aromatic rings. The van der Waals surface area contributed by atoms with Crippen molar-refractivity contribution >= 4 is 28.6 Å². The molecule has 3 rings (SSSR count). The largest absolute Gasteiger partial charge is 0.338 e. The number of aryl methyl sites for hydroxylation is 2. The smallest absolute Gasteiger partial charge is 0.254 e. The Morgan fingerprint density at radius 1 is 1.35 bits per heavy atom. The summed E-state index contributed by atoms with van der Waals surface area (Å²) in [4.78, 5) is 19.7. The van der Waals surface area contributed by atoms with Gasteiger partial charge in [0.05, 0.1) is 11.1 Å². The molecule has 1 fully saturated rings. The Morgan fingerprint density at radius 2 is 2.17 bits per heavy atom. The first-order valence-corrected chi connectivity index (χ1v) is 9.64. The van der Waals surface area contributed by atoms with Crippen LogP contribution in [0, 0.1) is 19.8 Å². The lowest BCUT2D eigenvalue weighted by Crippen LogP contribution is -2.40. The fraction of sp³-hybridized carbons (Fsp3) is 0.474. The molecule has 0 saturated carbocycles. The molecule has 1 aromatic heterocycles. The third-order valence-corrected chi connectivity index (χ3v) is 5.34. The van der Waals surface area contributed by atoms with Gasteiger partial charge in [0, 0.05) is 24.2 Å². The molecule has 0 aliphatic carbocycles. The van der Waals surface area contributed by atoms with E-state index in [1.165, 1.54) is 6.42 Å². The molecule has 0 bridgehead atoms. The molecule has 1 atom stereocenters. The van der Waals surface area contributed by atoms with Gasteiger partial charge in [0.2, 0.25) is 0 Å². The summed E-state index contributed by atoms with van der Waals surface area (Å²) < 4.78 is 0. The zero-order valence-corrected chi connectivity index (χ0v) is 14.9. The highest BCUT2D eigenvalue weighted by molar-refractivity contribution is 7.98. The number of thioether (sulfide) groups is 1. The minimum absolute atomic E-state index is 0.164. The van der Waals surface area contributed by atoms with E-state index in [-0.39, 0.29) is 5.91 Å². The molecule has 3 nitrogen and oxygen atoms in total. The molecule has 1 aliphatic rings. The van der Waals surface area contributed by atoms with Gasteiger partial charge in [0.1, 0.15) is 0 Å². The van der Waals surface area contributed by atoms with Gasteiger partial charge in [-0.25, -0.2) is 0 Å². The molecule has 0 N–H and O–H groups in total. The van der Waals surface area contributed by atoms with E-state index >= 15 is 0 Å². The van der Waals surface area contributed by atoms with Crippen LogP contribution in [0.4, 0.5) is 0 Å². The van der Waals surface area contributed by atoms with Crippen molar-refractivity contribution in [2.24, 2.45) is 5.92 Å². The number of fused-ring (bicyclic) bond motifs is 1. The first-order valence-electron chi connectivity index (χ1n) is 8.24. The molecule has 2 heterocycles. The molecule has 0 spiro atoms. The van der Waals surface area contributed by atoms with E-state index in [1.807, 2.05) is 35.7 Å². The van der Waals surface area contributed by atoms with Crippen molar-refractivity contribution in [3.05, 3.63) is 41.1 Å². The molecule has 122 valence electrons. The molecular formula is C19H24N2OS. The van der Waals surface area contributed by atoms with Crippen LogP contribution in [-0.4, -0.2) is 40.9 Å². The van der Waals surface area contributed by atoms with Gasteiger partial charge < -0.3 is 4.90 Å². The lowest BCUT2D eigenvalue weighted by Gasteiger charge is -2.33. The number of amides is 1. The zero-order valence-electron chi connectivity index (χ0n) is 14.1. The maximum atomic E-state index is 13.1. The van der Waals surface area contributed by atoms with Crippen molar-refractivity contribution in [1.82, 2.24) is 9.88 Å². The monoisotopic (exact) mass is 328 g/mol. The van der Waals surface area contributed by atoms with Crippen LogP contribution in [0.25, 0.3) is 10.9 Å². The minimum atomic E-state index is 0.164. The van der Waals surface area contributed by atoms with E-state index < -0.39 is 0 Å². The Hall–Kier alpha value is -1.55. The molecule has 4 heteroatoms. The predicted octanol–water partition coefficient (Wildman–Crippen LogP) is 4.07. The van der Waals surface area contributed by atoms with Crippen LogP contribution in [0.5, 0.6) is 0 Å². The van der Waals surface area contributed by atoms with Crippen LogP contribution >= 0.6 is 11.8 Å². The van der Waals surface area contributed by atoms with Gasteiger partial charge in [-0.1, -0.05) is 11.6 Å². The molecule has 1 aliphatic heterocycles. The van der Waals surface area contributed by atoms with E-state index in [2.05, 4.69) is 30.3 Å². The second-order valence-electron chi connectivity index (χ2n) is 6.55. The summed E-state index contributed by atoms with van der Waals surface area (Å²) >= 11 is 1.88. The maximum Gasteiger partial charge on any atom is 0.254 e. The SMILES string of the molecule is CSCC1CCCN(C(=O)c2cc(C)nc3ccc(C)cc23)C1. The highest BCUT2D eigenvalue weighted by atomic mass is 32.2. The Balaban J connectivity index is 1.95. The summed E-state index contributed by atoms with van der Waals surface area (Å²) in [7, 11) is 0. The number of aromatic nitrogens is 1. The third kappa shape index (κ3) is 3.52. The minimum Gasteiger partial charge on any atom is -0.338 e. The van der Waals surface area contributed by atoms with Gasteiger partial charge in [0.25, 0.3) is 5.91 Å². The number of benzene rings is 1. The summed E-state index contributed by atoms with van der Waals surface area (Å²) in [6, 6.07) is 8.10. The summed E-state index contributed by atoms with van der Waals surface area (Å²) in [6.45, 7) is 5.78. The van der Waals surface area contributed by atoms with Crippen LogP contribution < -0.4 is 0 Å². The highest BCUT2D eigenvalue weighted by Crippen LogP contribution is 2.25. The van der Waals surface area contributed by atoms with Crippen LogP contribution in [0.1, 0.15) is 34.5 Å². The van der Waals surface area contributed by atoms with E-state index in [9.17, 15) is 4.79 Å². The number of carbonyl (C=O) groups is 1. The fourth-order valence-corrected chi connectivity index (χ4v) is 4.18. The van der Waals surface area contributed by atoms with Crippen LogP contribution in [-0.2, 0) is 0 Å². The molecule has 0 radical (unpaired) electrons. The molecule has 1 aromatic carbocycles. The van der Waals surface area contributed by atoms with Gasteiger partial charge in [0.15, 0.2) is 0 Å². The molecule has 1 saturated heterocycles. The Morgan fingerprint density at radius 3 is 2.96 bits per heavy atom. The lowest BCUT2D eigenvalue weighted by atomic mass is 9.98. The van der Waals surface area contributed by atoms with E-state index in [4.69, 9.17) is 0 Å². The van der Waals surface area contributed by atoms with Gasteiger partial charge in [-0.05, 0) is 62.8 Å². The van der Waals surface area contributed by atoms with E-state index in [0.29, 0.717) is 5.92 Å². The van der Waals surface area contributed by atoms with Crippen molar-refractivity contribution < 1.29 is 4.79 Å². The number of carbonyl (C=O) groups excluding carboxylic acids is 1. The Kier molecular flexibility index (Phi) is 4.90. The summed E-state index contributed by atoms with van der Waals surface area (Å²) in [6.07, 6.45) is 4.49. The predicted molar refractivity (Wildman–Crippen MR) is 98.2 cm³/mol. The molecular weight excluding hydrogens is 304 g/mol. The highest BCUT2D eigenvalue weighted by Gasteiger charge is 2.25. The van der Waals surface area contributed by atoms with Gasteiger partial charge >= 0.3 is 0 Å². The standard InChI is InChI=1S/C19H24N2OS/c1-13-6-7-18-16(9-13)17(10-14(2)20-18)19(22)21-8-4-5-15(11-21)12-23-3/h6-7,9-10,15H,4-5,8,11-12H2,1-3H3. The normalized spacial score (nSPS) is 18.4. The van der Waals surface area contributed by atoms with Crippen molar-refractivity contribution in [2.45, 2.75) is 26.7 Å². The number of hydrogen-bond donors (Lipinski definition) is 0. The number of likely N-dealkylation sites (tertiary alicyclic amines) is 1. The van der Waals surface area contributed by atoms with Crippen LogP contribution in [0.2, 0.25) is 0 Å². The molecule has 1 unspecified atom stereocenters. The number of hydrogen-bond acceptors (Lipinski definition) is 3. The van der Waals surface area contributed by atoms with Crippen molar-refractivity contribution in [2.75, 3.05) is 25.1 Å². The molecule has 23 heavy (non-hydrogen) atoms. The van der Waals surface area contributed by atoms with Gasteiger partial charge in [-0.3, -0.25) is 9.78 Å². The average molecular weight is 328 g/mol. The lowest BCUT2D eigenvalue weighted by molar-refractivity contribution is 0.0687. The maximum absolute atomic E-state index is 13.1. The molecule has 1 amide bonds. The van der Waals surface area contributed by atoms with Crippen LogP contribution in [0.3, 0.4) is 0 Å². The van der Waals surface area contributed by atoms with Crippen molar-refractivity contribution in [3.63, 3.8) is 0 Å². The number of rotatable bonds is 3. The zero-order chi connectivity index (χ0) is 16.4. The Labute approximate surface area is 142 Å².